The van der Waals surface area contributed by atoms with Crippen molar-refractivity contribution in [3.63, 3.8) is 0 Å². The van der Waals surface area contributed by atoms with Crippen molar-refractivity contribution in [3.8, 4) is 5.75 Å². The fourth-order valence-corrected chi connectivity index (χ4v) is 6.49. The molecule has 2 heterocycles. The van der Waals surface area contributed by atoms with Gasteiger partial charge in [0.2, 0.25) is 5.91 Å². The summed E-state index contributed by atoms with van der Waals surface area (Å²) in [7, 11) is 0. The summed E-state index contributed by atoms with van der Waals surface area (Å²) in [6, 6.07) is 26.1. The minimum Gasteiger partial charge on any atom is -0.484 e. The van der Waals surface area contributed by atoms with Gasteiger partial charge in [0.15, 0.2) is 18.8 Å². The standard InChI is InChI=1S/C29H27ClN2O5S/c1-29(30)18-38-27-23(31-22(33)17-36-21-15-9-4-10-16-21)26(34)32(27)25(29)28(35)37-24(19-11-5-2-6-12-19)20-13-7-3-8-14-20/h2-16,23-25,27H,17-18H2,1H3,(H,31,33)/t23-,25+,27-,29-/m1/s1. The molecule has 38 heavy (non-hydrogen) atoms. The monoisotopic (exact) mass is 550 g/mol. The van der Waals surface area contributed by atoms with E-state index in [0.29, 0.717) is 11.5 Å². The maximum absolute atomic E-state index is 13.7. The summed E-state index contributed by atoms with van der Waals surface area (Å²) >= 11 is 8.25. The smallest absolute Gasteiger partial charge is 0.331 e. The molecule has 5 rings (SSSR count). The number of para-hydroxylation sites is 1. The lowest BCUT2D eigenvalue weighted by Gasteiger charge is -2.56. The highest BCUT2D eigenvalue weighted by molar-refractivity contribution is 8.00. The quantitative estimate of drug-likeness (QED) is 0.257. The van der Waals surface area contributed by atoms with Crippen molar-refractivity contribution in [2.45, 2.75) is 35.4 Å². The number of rotatable bonds is 8. The maximum atomic E-state index is 13.7. The van der Waals surface area contributed by atoms with Crippen molar-refractivity contribution in [1.82, 2.24) is 10.2 Å². The van der Waals surface area contributed by atoms with Gasteiger partial charge in [0, 0.05) is 5.75 Å². The molecule has 4 atom stereocenters. The number of ether oxygens (including phenoxy) is 2. The van der Waals surface area contributed by atoms with Crippen LogP contribution in [-0.4, -0.2) is 57.4 Å². The molecule has 0 bridgehead atoms. The van der Waals surface area contributed by atoms with E-state index >= 15 is 0 Å². The first-order chi connectivity index (χ1) is 18.3. The van der Waals surface area contributed by atoms with E-state index in [9.17, 15) is 14.4 Å². The van der Waals surface area contributed by atoms with Crippen LogP contribution in [0.1, 0.15) is 24.2 Å². The zero-order valence-electron chi connectivity index (χ0n) is 20.7. The topological polar surface area (TPSA) is 84.9 Å². The van der Waals surface area contributed by atoms with E-state index < -0.39 is 40.3 Å². The number of hydrogen-bond acceptors (Lipinski definition) is 6. The number of esters is 1. The molecular weight excluding hydrogens is 524 g/mol. The number of amides is 2. The van der Waals surface area contributed by atoms with Gasteiger partial charge in [0.05, 0.1) is 4.87 Å². The fraction of sp³-hybridized carbons (Fsp3) is 0.276. The molecule has 2 amide bonds. The Balaban J connectivity index is 1.30. The molecule has 0 aromatic heterocycles. The van der Waals surface area contributed by atoms with Gasteiger partial charge in [-0.05, 0) is 30.2 Å². The molecule has 0 radical (unpaired) electrons. The lowest BCUT2D eigenvalue weighted by atomic mass is 9.93. The Morgan fingerprint density at radius 2 is 1.55 bits per heavy atom. The molecule has 2 aliphatic rings. The normalized spacial score (nSPS) is 24.2. The molecule has 0 spiro atoms. The maximum Gasteiger partial charge on any atom is 0.331 e. The summed E-state index contributed by atoms with van der Waals surface area (Å²) in [5.74, 6) is -0.421. The molecule has 9 heteroatoms. The highest BCUT2D eigenvalue weighted by atomic mass is 35.5. The number of nitrogens with zero attached hydrogens (tertiary/aromatic N) is 1. The predicted molar refractivity (Wildman–Crippen MR) is 146 cm³/mol. The van der Waals surface area contributed by atoms with Crippen LogP contribution in [0, 0.1) is 0 Å². The first-order valence-corrected chi connectivity index (χ1v) is 13.7. The molecule has 0 aliphatic carbocycles. The van der Waals surface area contributed by atoms with Crippen LogP contribution < -0.4 is 10.1 Å². The molecule has 7 nitrogen and oxygen atoms in total. The summed E-state index contributed by atoms with van der Waals surface area (Å²) in [6.07, 6.45) is -0.660. The van der Waals surface area contributed by atoms with E-state index in [2.05, 4.69) is 5.32 Å². The number of benzene rings is 3. The Kier molecular flexibility index (Phi) is 7.63. The number of carbonyl (C=O) groups excluding carboxylic acids is 3. The SMILES string of the molecule is C[C@@]1(Cl)CS[C@@H]2[C@H](NC(=O)COc3ccccc3)C(=O)N2[C@H]1C(=O)OC(c1ccccc1)c1ccccc1. The summed E-state index contributed by atoms with van der Waals surface area (Å²) in [6.45, 7) is 1.51. The molecule has 2 aliphatic heterocycles. The van der Waals surface area contributed by atoms with Crippen LogP contribution >= 0.6 is 23.4 Å². The van der Waals surface area contributed by atoms with Crippen LogP contribution in [0.3, 0.4) is 0 Å². The number of alkyl halides is 1. The van der Waals surface area contributed by atoms with E-state index in [-0.39, 0.29) is 12.5 Å². The number of carbonyl (C=O) groups is 3. The Hall–Kier alpha value is -3.49. The van der Waals surface area contributed by atoms with Crippen molar-refractivity contribution in [3.05, 3.63) is 102 Å². The van der Waals surface area contributed by atoms with Crippen molar-refractivity contribution < 1.29 is 23.9 Å². The Morgan fingerprint density at radius 3 is 2.13 bits per heavy atom. The van der Waals surface area contributed by atoms with Gasteiger partial charge in [-0.3, -0.25) is 9.59 Å². The first kappa shape index (κ1) is 26.1. The second kappa shape index (κ2) is 11.1. The van der Waals surface area contributed by atoms with Crippen molar-refractivity contribution in [2.75, 3.05) is 12.4 Å². The van der Waals surface area contributed by atoms with Gasteiger partial charge in [0.1, 0.15) is 17.2 Å². The summed E-state index contributed by atoms with van der Waals surface area (Å²) < 4.78 is 11.6. The molecule has 2 fully saturated rings. The minimum atomic E-state index is -1.04. The van der Waals surface area contributed by atoms with Gasteiger partial charge >= 0.3 is 5.97 Å². The van der Waals surface area contributed by atoms with Crippen LogP contribution in [0.2, 0.25) is 0 Å². The van der Waals surface area contributed by atoms with Gasteiger partial charge in [-0.1, -0.05) is 78.9 Å². The van der Waals surface area contributed by atoms with E-state index in [1.165, 1.54) is 16.7 Å². The van der Waals surface area contributed by atoms with E-state index in [1.807, 2.05) is 78.9 Å². The molecule has 2 saturated heterocycles. The Bertz CT molecular complexity index is 1250. The number of nitrogens with one attached hydrogen (secondary N) is 1. The van der Waals surface area contributed by atoms with E-state index in [1.54, 1.807) is 19.1 Å². The van der Waals surface area contributed by atoms with Gasteiger partial charge in [-0.15, -0.1) is 23.4 Å². The second-order valence-corrected chi connectivity index (χ2v) is 11.4. The van der Waals surface area contributed by atoms with Crippen LogP contribution in [0.4, 0.5) is 0 Å². The predicted octanol–water partition coefficient (Wildman–Crippen LogP) is 4.16. The van der Waals surface area contributed by atoms with Crippen LogP contribution in [0.5, 0.6) is 5.75 Å². The third kappa shape index (κ3) is 5.37. The lowest BCUT2D eigenvalue weighted by molar-refractivity contribution is -0.169. The average molecular weight is 551 g/mol. The molecule has 196 valence electrons. The van der Waals surface area contributed by atoms with Crippen LogP contribution in [-0.2, 0) is 19.1 Å². The minimum absolute atomic E-state index is 0.223. The number of hydrogen-bond donors (Lipinski definition) is 1. The zero-order valence-corrected chi connectivity index (χ0v) is 22.2. The van der Waals surface area contributed by atoms with E-state index in [0.717, 1.165) is 11.1 Å². The molecule has 1 N–H and O–H groups in total. The molecular formula is C29H27ClN2O5S. The highest BCUT2D eigenvalue weighted by Crippen LogP contribution is 2.46. The Morgan fingerprint density at radius 1 is 1.00 bits per heavy atom. The molecule has 0 unspecified atom stereocenters. The second-order valence-electron chi connectivity index (χ2n) is 9.41. The summed E-state index contributed by atoms with van der Waals surface area (Å²) in [5.41, 5.74) is 1.62. The summed E-state index contributed by atoms with van der Waals surface area (Å²) in [4.78, 5) is 39.8. The third-order valence-corrected chi connectivity index (χ3v) is 8.66. The van der Waals surface area contributed by atoms with Crippen molar-refractivity contribution in [2.24, 2.45) is 0 Å². The fourth-order valence-electron chi connectivity index (χ4n) is 4.69. The first-order valence-electron chi connectivity index (χ1n) is 12.3. The average Bonchev–Trinajstić information content (AvgIpc) is 2.94. The third-order valence-electron chi connectivity index (χ3n) is 6.56. The van der Waals surface area contributed by atoms with E-state index in [4.69, 9.17) is 21.1 Å². The van der Waals surface area contributed by atoms with Gasteiger partial charge in [-0.25, -0.2) is 4.79 Å². The lowest BCUT2D eigenvalue weighted by Crippen LogP contribution is -2.78. The zero-order chi connectivity index (χ0) is 26.7. The molecule has 0 saturated carbocycles. The van der Waals surface area contributed by atoms with Crippen molar-refractivity contribution in [1.29, 1.82) is 0 Å². The molecule has 3 aromatic carbocycles. The highest BCUT2D eigenvalue weighted by Gasteiger charge is 2.61. The number of thioether (sulfide) groups is 1. The van der Waals surface area contributed by atoms with Crippen molar-refractivity contribution >= 4 is 41.1 Å². The number of β-lactam (4-membered cyclic amide) rings is 1. The summed E-state index contributed by atoms with van der Waals surface area (Å²) in [5, 5.41) is 2.31. The van der Waals surface area contributed by atoms with Gasteiger partial charge in [0.25, 0.3) is 5.91 Å². The molecule has 3 aromatic rings. The van der Waals surface area contributed by atoms with Crippen LogP contribution in [0.25, 0.3) is 0 Å². The number of halogens is 1. The largest absolute Gasteiger partial charge is 0.484 e. The van der Waals surface area contributed by atoms with Gasteiger partial charge < -0.3 is 19.7 Å². The number of fused-ring (bicyclic) bond motifs is 1. The Labute approximate surface area is 230 Å². The van der Waals surface area contributed by atoms with Gasteiger partial charge in [-0.2, -0.15) is 0 Å². The van der Waals surface area contributed by atoms with Crippen LogP contribution in [0.15, 0.2) is 91.0 Å².